The molecule has 0 unspecified atom stereocenters. The maximum Gasteiger partial charge on any atom is 0.318 e. The molecule has 2 N–H and O–H groups in total. The van der Waals surface area contributed by atoms with E-state index in [1.54, 1.807) is 50.1 Å². The van der Waals surface area contributed by atoms with Crippen molar-refractivity contribution >= 4 is 23.7 Å². The summed E-state index contributed by atoms with van der Waals surface area (Å²) in [5.41, 5.74) is 1.75. The molecule has 3 amide bonds. The minimum Gasteiger partial charge on any atom is -0.497 e. The van der Waals surface area contributed by atoms with Crippen molar-refractivity contribution in [1.82, 2.24) is 20.0 Å². The number of ether oxygens (including phenoxy) is 1. The van der Waals surface area contributed by atoms with Crippen molar-refractivity contribution in [3.8, 4) is 5.75 Å². The second-order valence-corrected chi connectivity index (χ2v) is 7.80. The van der Waals surface area contributed by atoms with Crippen LogP contribution in [0.1, 0.15) is 60.0 Å². The molecule has 166 valence electrons. The Bertz CT molecular complexity index is 965. The van der Waals surface area contributed by atoms with Crippen LogP contribution in [0.2, 0.25) is 0 Å². The monoisotopic (exact) mass is 427 g/mol. The molecule has 0 saturated heterocycles. The third kappa shape index (κ3) is 4.87. The SMILES string of the molecule is CCCCNC(=O)N1Cc2c(NC(=O)c3ccc(OC)cc3)nn(C(=O)C(C)C)c2C1. The van der Waals surface area contributed by atoms with Gasteiger partial charge in [0.15, 0.2) is 5.82 Å². The predicted octanol–water partition coefficient (Wildman–Crippen LogP) is 3.27. The van der Waals surface area contributed by atoms with Crippen LogP contribution in [0.3, 0.4) is 0 Å². The molecule has 0 aliphatic carbocycles. The third-order valence-electron chi connectivity index (χ3n) is 5.16. The molecular weight excluding hydrogens is 398 g/mol. The molecule has 0 bridgehead atoms. The highest BCUT2D eigenvalue weighted by molar-refractivity contribution is 6.04. The number of nitrogens with one attached hydrogen (secondary N) is 2. The molecule has 9 nitrogen and oxygen atoms in total. The molecule has 1 aliphatic rings. The van der Waals surface area contributed by atoms with Crippen LogP contribution in [0.5, 0.6) is 5.75 Å². The van der Waals surface area contributed by atoms with Crippen LogP contribution in [0, 0.1) is 5.92 Å². The average Bonchev–Trinajstić information content (AvgIpc) is 3.34. The zero-order chi connectivity index (χ0) is 22.5. The first-order chi connectivity index (χ1) is 14.8. The first-order valence-electron chi connectivity index (χ1n) is 10.5. The number of amides is 3. The highest BCUT2D eigenvalue weighted by Crippen LogP contribution is 2.30. The van der Waals surface area contributed by atoms with Crippen LogP contribution in [0.15, 0.2) is 24.3 Å². The van der Waals surface area contributed by atoms with Crippen molar-refractivity contribution in [2.75, 3.05) is 19.0 Å². The van der Waals surface area contributed by atoms with Gasteiger partial charge >= 0.3 is 6.03 Å². The van der Waals surface area contributed by atoms with Gasteiger partial charge in [-0.1, -0.05) is 27.2 Å². The summed E-state index contributed by atoms with van der Waals surface area (Å²) in [7, 11) is 1.56. The number of urea groups is 1. The number of carbonyl (C=O) groups excluding carboxylic acids is 3. The summed E-state index contributed by atoms with van der Waals surface area (Å²) in [5.74, 6) is 0.136. The second kappa shape index (κ2) is 9.63. The van der Waals surface area contributed by atoms with Gasteiger partial charge in [0.2, 0.25) is 5.91 Å². The van der Waals surface area contributed by atoms with Crippen LogP contribution in [-0.2, 0) is 13.1 Å². The molecule has 0 fully saturated rings. The Balaban J connectivity index is 1.83. The number of anilines is 1. The van der Waals surface area contributed by atoms with Crippen molar-refractivity contribution in [2.24, 2.45) is 5.92 Å². The Hall–Kier alpha value is -3.36. The van der Waals surface area contributed by atoms with Gasteiger partial charge in [0.1, 0.15) is 5.75 Å². The lowest BCUT2D eigenvalue weighted by Gasteiger charge is -2.17. The second-order valence-electron chi connectivity index (χ2n) is 7.80. The number of hydrogen-bond donors (Lipinski definition) is 2. The molecule has 0 radical (unpaired) electrons. The van der Waals surface area contributed by atoms with E-state index >= 15 is 0 Å². The van der Waals surface area contributed by atoms with Gasteiger partial charge in [-0.15, -0.1) is 5.10 Å². The van der Waals surface area contributed by atoms with Gasteiger partial charge in [0.05, 0.1) is 25.9 Å². The van der Waals surface area contributed by atoms with E-state index in [1.165, 1.54) is 4.68 Å². The number of carbonyl (C=O) groups is 3. The summed E-state index contributed by atoms with van der Waals surface area (Å²) in [6.07, 6.45) is 1.88. The summed E-state index contributed by atoms with van der Waals surface area (Å²) in [6, 6.07) is 6.50. The van der Waals surface area contributed by atoms with Crippen LogP contribution in [-0.4, -0.2) is 46.2 Å². The van der Waals surface area contributed by atoms with Crippen LogP contribution in [0.4, 0.5) is 10.6 Å². The first-order valence-corrected chi connectivity index (χ1v) is 10.5. The Morgan fingerprint density at radius 2 is 1.87 bits per heavy atom. The minimum atomic E-state index is -0.349. The van der Waals surface area contributed by atoms with Gasteiger partial charge < -0.3 is 20.3 Å². The predicted molar refractivity (Wildman–Crippen MR) is 116 cm³/mol. The van der Waals surface area contributed by atoms with Gasteiger partial charge in [-0.3, -0.25) is 9.59 Å². The van der Waals surface area contributed by atoms with E-state index in [-0.39, 0.29) is 36.9 Å². The smallest absolute Gasteiger partial charge is 0.318 e. The molecule has 3 rings (SSSR count). The van der Waals surface area contributed by atoms with Gasteiger partial charge in [-0.25, -0.2) is 9.48 Å². The molecule has 1 aromatic carbocycles. The van der Waals surface area contributed by atoms with E-state index in [9.17, 15) is 14.4 Å². The van der Waals surface area contributed by atoms with Crippen molar-refractivity contribution in [1.29, 1.82) is 0 Å². The third-order valence-corrected chi connectivity index (χ3v) is 5.16. The molecule has 0 saturated carbocycles. The zero-order valence-corrected chi connectivity index (χ0v) is 18.4. The van der Waals surface area contributed by atoms with Crippen LogP contribution < -0.4 is 15.4 Å². The van der Waals surface area contributed by atoms with E-state index in [4.69, 9.17) is 4.74 Å². The van der Waals surface area contributed by atoms with Gasteiger partial charge in [-0.05, 0) is 30.7 Å². The number of fused-ring (bicyclic) bond motifs is 1. The number of methoxy groups -OCH3 is 1. The van der Waals surface area contributed by atoms with Gasteiger partial charge in [-0.2, -0.15) is 0 Å². The fraction of sp³-hybridized carbons (Fsp3) is 0.455. The number of unbranched alkanes of at least 4 members (excludes halogenated alkanes) is 1. The number of nitrogens with zero attached hydrogens (tertiary/aromatic N) is 3. The van der Waals surface area contributed by atoms with Gasteiger partial charge in [0, 0.05) is 23.6 Å². The van der Waals surface area contributed by atoms with Crippen molar-refractivity contribution in [3.05, 3.63) is 41.1 Å². The van der Waals surface area contributed by atoms with Crippen LogP contribution in [0.25, 0.3) is 0 Å². The highest BCUT2D eigenvalue weighted by Gasteiger charge is 2.33. The Morgan fingerprint density at radius 3 is 2.48 bits per heavy atom. The van der Waals surface area contributed by atoms with Crippen molar-refractivity contribution < 1.29 is 19.1 Å². The molecule has 2 aromatic rings. The first kappa shape index (κ1) is 22.3. The van der Waals surface area contributed by atoms with Crippen molar-refractivity contribution in [3.63, 3.8) is 0 Å². The summed E-state index contributed by atoms with van der Waals surface area (Å²) in [6.45, 7) is 6.77. The van der Waals surface area contributed by atoms with Crippen LogP contribution >= 0.6 is 0 Å². The molecular formula is C22H29N5O4. The molecule has 9 heteroatoms. The zero-order valence-electron chi connectivity index (χ0n) is 18.4. The van der Waals surface area contributed by atoms with Gasteiger partial charge in [0.25, 0.3) is 5.91 Å². The fourth-order valence-electron chi connectivity index (χ4n) is 3.32. The number of benzene rings is 1. The van der Waals surface area contributed by atoms with E-state index < -0.39 is 0 Å². The molecule has 31 heavy (non-hydrogen) atoms. The summed E-state index contributed by atoms with van der Waals surface area (Å²) < 4.78 is 6.44. The molecule has 0 spiro atoms. The summed E-state index contributed by atoms with van der Waals surface area (Å²) >= 11 is 0. The van der Waals surface area contributed by atoms with E-state index in [0.717, 1.165) is 12.8 Å². The number of aromatic nitrogens is 2. The average molecular weight is 428 g/mol. The van der Waals surface area contributed by atoms with E-state index in [0.29, 0.717) is 34.9 Å². The minimum absolute atomic E-state index is 0.186. The lowest BCUT2D eigenvalue weighted by molar-refractivity contribution is 0.0832. The largest absolute Gasteiger partial charge is 0.497 e. The maximum absolute atomic E-state index is 12.7. The standard InChI is InChI=1S/C22H29N5O4/c1-5-6-11-23-22(30)26-12-17-18(13-26)27(21(29)14(2)3)25-19(17)24-20(28)15-7-9-16(31-4)10-8-15/h7-10,14H,5-6,11-13H2,1-4H3,(H,23,30)(H,24,25,28). The van der Waals surface area contributed by atoms with E-state index in [1.807, 2.05) is 0 Å². The Morgan fingerprint density at radius 1 is 1.16 bits per heavy atom. The lowest BCUT2D eigenvalue weighted by atomic mass is 10.2. The van der Waals surface area contributed by atoms with Crippen molar-refractivity contribution in [2.45, 2.75) is 46.7 Å². The summed E-state index contributed by atoms with van der Waals surface area (Å²) in [4.78, 5) is 39.6. The molecule has 1 aliphatic heterocycles. The normalized spacial score (nSPS) is 12.6. The quantitative estimate of drug-likeness (QED) is 0.660. The lowest BCUT2D eigenvalue weighted by Crippen LogP contribution is -2.37. The molecule has 2 heterocycles. The molecule has 1 aromatic heterocycles. The fourth-order valence-corrected chi connectivity index (χ4v) is 3.32. The Kier molecular flexibility index (Phi) is 6.94. The topological polar surface area (TPSA) is 106 Å². The Labute approximate surface area is 181 Å². The number of hydrogen-bond acceptors (Lipinski definition) is 5. The highest BCUT2D eigenvalue weighted by atomic mass is 16.5. The van der Waals surface area contributed by atoms with E-state index in [2.05, 4.69) is 22.7 Å². The maximum atomic E-state index is 12.7. The summed E-state index contributed by atoms with van der Waals surface area (Å²) in [5, 5.41) is 10.1. The molecule has 0 atom stereocenters. The number of rotatable bonds is 7.